The molecule has 0 aliphatic rings. The number of hydrogen-bond donors (Lipinski definition) is 5. The minimum Gasteiger partial charge on any atom is -0.396 e. The van der Waals surface area contributed by atoms with Crippen molar-refractivity contribution < 1.29 is 52.3 Å². The number of aliphatic hydroxyl groups excluding tert-OH is 2. The van der Waals surface area contributed by atoms with Gasteiger partial charge in [-0.1, -0.05) is 451 Å². The molecule has 600 valence electrons. The maximum Gasteiger partial charge on any atom is 0.472 e. The lowest BCUT2D eigenvalue weighted by atomic mass is 10.0. The van der Waals surface area contributed by atoms with Crippen molar-refractivity contribution in [3.05, 3.63) is 12.2 Å². The van der Waals surface area contributed by atoms with Crippen molar-refractivity contribution in [2.24, 2.45) is 0 Å². The summed E-state index contributed by atoms with van der Waals surface area (Å²) in [6.45, 7) is 13.6. The largest absolute Gasteiger partial charge is 0.472 e. The van der Waals surface area contributed by atoms with Gasteiger partial charge >= 0.3 is 15.6 Å². The molecule has 0 fully saturated rings. The highest BCUT2D eigenvalue weighted by Crippen LogP contribution is 2.43. The highest BCUT2D eigenvalue weighted by Gasteiger charge is 2.20. The molecule has 0 spiro atoms. The van der Waals surface area contributed by atoms with Gasteiger partial charge in [0.1, 0.15) is 0 Å². The van der Waals surface area contributed by atoms with E-state index in [1.807, 2.05) is 0 Å². The average Bonchev–Trinajstić information content (AvgIpc) is 2.35. The quantitative estimate of drug-likeness (QED) is 0.0223. The molecular weight excluding hydrogens is 1270 g/mol. The molecule has 0 aromatic heterocycles. The van der Waals surface area contributed by atoms with Gasteiger partial charge < -0.3 is 29.6 Å². The summed E-state index contributed by atoms with van der Waals surface area (Å²) in [7, 11) is -8.21. The monoisotopic (exact) mass is 1450 g/mol. The van der Waals surface area contributed by atoms with Crippen molar-refractivity contribution >= 4 is 15.6 Å². The van der Waals surface area contributed by atoms with E-state index >= 15 is 0 Å². The van der Waals surface area contributed by atoms with Gasteiger partial charge in [0.15, 0.2) is 0 Å². The second-order valence-electron chi connectivity index (χ2n) is 29.5. The minimum atomic E-state index is -4.34. The van der Waals surface area contributed by atoms with Gasteiger partial charge in [-0.2, -0.15) is 0 Å². The molecule has 0 atom stereocenters. The molecule has 0 saturated heterocycles. The lowest BCUT2D eigenvalue weighted by Gasteiger charge is -2.12. The zero-order chi connectivity index (χ0) is 73.1. The molecule has 11 nitrogen and oxygen atoms in total. The summed E-state index contributed by atoms with van der Waals surface area (Å²) < 4.78 is 42.3. The summed E-state index contributed by atoms with van der Waals surface area (Å²) in [5.41, 5.74) is 0. The minimum absolute atomic E-state index is 0.0589. The van der Waals surface area contributed by atoms with Gasteiger partial charge in [0.2, 0.25) is 0 Å². The maximum atomic E-state index is 12.0. The standard InChI is InChI=1S/C32H67O4P.C20H41O5P.C18H38O.C16H34O/c1-3-5-7-9-11-13-15-17-19-21-23-25-27-29-31-35-37(33,34)36-32-30-28-26-24-22-20-18-16-14-12-10-8-6-4-2;1-2-3-4-5-6-7-8-9-10-11-12-13-14-15-16-17-18-24-19-20-25-26(21,22)23;1-2-3-4-5-6-7-8-9-10-11-12-13-14-15-16-17-18-19;1-2-3-4-5-6-7-8-9-10-11-12-13-14-15-16-17/h3-32H2,1-2H3,(H,33,34);9-10H,2-8,11-20H2,1H3,(H2,21,22,23);19H,2-18H2,1H3;17H,2-16H2,1H3/b;10-9-;;. The summed E-state index contributed by atoms with van der Waals surface area (Å²) in [6, 6.07) is 0. The first-order valence-corrected chi connectivity index (χ1v) is 47.3. The van der Waals surface area contributed by atoms with Gasteiger partial charge in [-0.15, -0.1) is 0 Å². The van der Waals surface area contributed by atoms with Crippen LogP contribution in [0.2, 0.25) is 0 Å². The highest BCUT2D eigenvalue weighted by atomic mass is 31.2. The zero-order valence-corrected chi connectivity index (χ0v) is 69.4. The molecule has 13 heteroatoms. The Balaban J connectivity index is -0.000000638. The molecular formula is C86H180O11P2. The molecule has 99 heavy (non-hydrogen) atoms. The smallest absolute Gasteiger partial charge is 0.396 e. The van der Waals surface area contributed by atoms with E-state index < -0.39 is 15.6 Å². The van der Waals surface area contributed by atoms with Gasteiger partial charge in [0.25, 0.3) is 0 Å². The Hall–Kier alpha value is -0.160. The predicted molar refractivity (Wildman–Crippen MR) is 435 cm³/mol. The van der Waals surface area contributed by atoms with Crippen LogP contribution in [0.1, 0.15) is 497 Å². The first-order valence-electron chi connectivity index (χ1n) is 44.3. The van der Waals surface area contributed by atoms with Crippen LogP contribution < -0.4 is 0 Å². The molecule has 0 amide bonds. The Kier molecular flexibility index (Phi) is 104. The Bertz CT molecular complexity index is 1430. The summed E-state index contributed by atoms with van der Waals surface area (Å²) in [6.07, 6.45) is 100. The lowest BCUT2D eigenvalue weighted by Crippen LogP contribution is -2.04. The fourth-order valence-corrected chi connectivity index (χ4v) is 13.8. The molecule has 0 aliphatic carbocycles. The van der Waals surface area contributed by atoms with Crippen LogP contribution in [0.25, 0.3) is 0 Å². The van der Waals surface area contributed by atoms with Gasteiger partial charge in [0, 0.05) is 19.8 Å². The van der Waals surface area contributed by atoms with Crippen LogP contribution in [0.3, 0.4) is 0 Å². The van der Waals surface area contributed by atoms with Gasteiger partial charge in [-0.3, -0.25) is 13.6 Å². The number of phosphoric ester groups is 2. The normalized spacial score (nSPS) is 11.7. The first-order chi connectivity index (χ1) is 48.5. The van der Waals surface area contributed by atoms with Crippen LogP contribution in [0, 0.1) is 0 Å². The average molecular weight is 1450 g/mol. The van der Waals surface area contributed by atoms with Crippen LogP contribution in [0.4, 0.5) is 0 Å². The van der Waals surface area contributed by atoms with Crippen molar-refractivity contribution in [3.8, 4) is 0 Å². The number of allylic oxidation sites excluding steroid dienone is 2. The van der Waals surface area contributed by atoms with E-state index in [0.29, 0.717) is 33.0 Å². The van der Waals surface area contributed by atoms with E-state index in [9.17, 15) is 14.0 Å². The lowest BCUT2D eigenvalue weighted by molar-refractivity contribution is 0.0831. The predicted octanol–water partition coefficient (Wildman–Crippen LogP) is 29.9. The number of hydrogen-bond acceptors (Lipinski definition) is 8. The second-order valence-corrected chi connectivity index (χ2v) is 32.2. The topological polar surface area (TPSA) is 172 Å². The SMILES string of the molecule is CCCCCCCC/C=C\CCCCCCCCOCCOP(=O)(O)O.CCCCCCCCCCCCCCCCCCO.CCCCCCCCCCCCCCCCO.CCCCCCCCCCCCCCCCOP(=O)(O)OCCCCCCCCCCCCCCCC. The number of aliphatic hydroxyl groups is 2. The molecule has 0 unspecified atom stereocenters. The first kappa shape index (κ1) is 105. The fourth-order valence-electron chi connectivity index (χ4n) is 12.7. The van der Waals surface area contributed by atoms with Crippen LogP contribution in [0.5, 0.6) is 0 Å². The van der Waals surface area contributed by atoms with Crippen LogP contribution in [0.15, 0.2) is 12.2 Å². The third-order valence-corrected chi connectivity index (χ3v) is 20.9. The van der Waals surface area contributed by atoms with E-state index in [0.717, 1.165) is 51.4 Å². The van der Waals surface area contributed by atoms with E-state index in [4.69, 9.17) is 33.8 Å². The summed E-state index contributed by atoms with van der Waals surface area (Å²) in [5.74, 6) is 0. The van der Waals surface area contributed by atoms with E-state index in [1.54, 1.807) is 0 Å². The molecule has 0 aliphatic heterocycles. The van der Waals surface area contributed by atoms with Crippen LogP contribution >= 0.6 is 15.6 Å². The molecule has 0 aromatic carbocycles. The van der Waals surface area contributed by atoms with Crippen molar-refractivity contribution in [1.29, 1.82) is 0 Å². The van der Waals surface area contributed by atoms with Gasteiger partial charge in [-0.25, -0.2) is 9.13 Å². The molecule has 0 bridgehead atoms. The van der Waals surface area contributed by atoms with E-state index in [1.165, 1.54) is 411 Å². The summed E-state index contributed by atoms with van der Waals surface area (Å²) >= 11 is 0. The third kappa shape index (κ3) is 114. The van der Waals surface area contributed by atoms with Crippen molar-refractivity contribution in [3.63, 3.8) is 0 Å². The zero-order valence-electron chi connectivity index (χ0n) is 67.6. The molecule has 0 radical (unpaired) electrons. The fraction of sp³-hybridized carbons (Fsp3) is 0.977. The van der Waals surface area contributed by atoms with Crippen LogP contribution in [-0.2, 0) is 27.4 Å². The van der Waals surface area contributed by atoms with Gasteiger partial charge in [0.05, 0.1) is 26.4 Å². The highest BCUT2D eigenvalue weighted by molar-refractivity contribution is 7.47. The van der Waals surface area contributed by atoms with Crippen molar-refractivity contribution in [1.82, 2.24) is 0 Å². The molecule has 0 rings (SSSR count). The number of rotatable bonds is 82. The number of ether oxygens (including phenoxy) is 1. The Morgan fingerprint density at radius 1 is 0.212 bits per heavy atom. The Morgan fingerprint density at radius 3 is 0.596 bits per heavy atom. The second kappa shape index (κ2) is 97.8. The molecule has 0 heterocycles. The third-order valence-electron chi connectivity index (χ3n) is 19.3. The van der Waals surface area contributed by atoms with E-state index in [-0.39, 0.29) is 13.2 Å². The number of phosphoric acid groups is 2. The van der Waals surface area contributed by atoms with Crippen LogP contribution in [-0.4, -0.2) is 71.1 Å². The summed E-state index contributed by atoms with van der Waals surface area (Å²) in [4.78, 5) is 26.8. The molecule has 5 N–H and O–H groups in total. The molecule has 0 aromatic rings. The van der Waals surface area contributed by atoms with E-state index in [2.05, 4.69) is 51.3 Å². The Morgan fingerprint density at radius 2 is 0.394 bits per heavy atom. The maximum absolute atomic E-state index is 12.0. The van der Waals surface area contributed by atoms with Gasteiger partial charge in [-0.05, 0) is 57.8 Å². The number of unbranched alkanes of at least 4 members (excludes halogenated alkanes) is 66. The molecule has 0 saturated carbocycles. The Labute approximate surface area is 620 Å². The van der Waals surface area contributed by atoms with Crippen molar-refractivity contribution in [2.75, 3.05) is 46.2 Å². The summed E-state index contributed by atoms with van der Waals surface area (Å²) in [5, 5.41) is 17.3. The van der Waals surface area contributed by atoms with Crippen molar-refractivity contribution in [2.45, 2.75) is 497 Å².